The Morgan fingerprint density at radius 3 is 3.00 bits per heavy atom. The quantitative estimate of drug-likeness (QED) is 0.767. The van der Waals surface area contributed by atoms with Gasteiger partial charge >= 0.3 is 0 Å². The summed E-state index contributed by atoms with van der Waals surface area (Å²) in [6.07, 6.45) is 3.28. The van der Waals surface area contributed by atoms with Gasteiger partial charge in [0, 0.05) is 29.4 Å². The number of hydrogen-bond acceptors (Lipinski definition) is 4. The highest BCUT2D eigenvalue weighted by molar-refractivity contribution is 6.05. The van der Waals surface area contributed by atoms with Crippen molar-refractivity contribution in [2.45, 2.75) is 25.2 Å². The highest BCUT2D eigenvalue weighted by Crippen LogP contribution is 2.40. The molecule has 0 spiro atoms. The van der Waals surface area contributed by atoms with Crippen LogP contribution in [-0.4, -0.2) is 17.4 Å². The number of fused-ring (bicyclic) bond motifs is 2. The normalized spacial score (nSPS) is 16.0. The van der Waals surface area contributed by atoms with Crippen molar-refractivity contribution in [1.29, 1.82) is 0 Å². The molecular formula is C19H17N3O2. The summed E-state index contributed by atoms with van der Waals surface area (Å²) < 4.78 is 5.76. The number of oxazole rings is 1. The maximum atomic E-state index is 12.5. The fraction of sp³-hybridized carbons (Fsp3) is 0.263. The number of benzene rings is 2. The molecule has 3 aromatic rings. The van der Waals surface area contributed by atoms with Crippen molar-refractivity contribution in [3.8, 4) is 0 Å². The van der Waals surface area contributed by atoms with Gasteiger partial charge in [-0.25, -0.2) is 4.98 Å². The summed E-state index contributed by atoms with van der Waals surface area (Å²) >= 11 is 0. The first-order valence-electron chi connectivity index (χ1n) is 8.35. The first-order valence-corrected chi connectivity index (χ1v) is 8.35. The molecule has 2 heterocycles. The van der Waals surface area contributed by atoms with Gasteiger partial charge in [0.2, 0.25) is 0 Å². The molecule has 5 rings (SSSR count). The highest BCUT2D eigenvalue weighted by Gasteiger charge is 2.28. The number of rotatable bonds is 3. The summed E-state index contributed by atoms with van der Waals surface area (Å²) in [6, 6.07) is 11.4. The molecule has 24 heavy (non-hydrogen) atoms. The Morgan fingerprint density at radius 2 is 2.12 bits per heavy atom. The number of carbonyl (C=O) groups excluding carboxylic acids is 1. The van der Waals surface area contributed by atoms with Crippen LogP contribution < -0.4 is 10.6 Å². The molecule has 0 saturated heterocycles. The molecule has 0 atom stereocenters. The number of amides is 1. The summed E-state index contributed by atoms with van der Waals surface area (Å²) in [4.78, 5) is 17.0. The minimum absolute atomic E-state index is 0.102. The van der Waals surface area contributed by atoms with Crippen molar-refractivity contribution in [2.75, 3.05) is 17.2 Å². The Hall–Kier alpha value is -2.82. The Bertz CT molecular complexity index is 956. The summed E-state index contributed by atoms with van der Waals surface area (Å²) in [7, 11) is 0. The van der Waals surface area contributed by atoms with Gasteiger partial charge in [-0.1, -0.05) is 0 Å². The monoisotopic (exact) mass is 319 g/mol. The second-order valence-corrected chi connectivity index (χ2v) is 6.51. The maximum absolute atomic E-state index is 12.5. The third kappa shape index (κ3) is 2.33. The fourth-order valence-corrected chi connectivity index (χ4v) is 3.18. The lowest BCUT2D eigenvalue weighted by atomic mass is 10.1. The van der Waals surface area contributed by atoms with Crippen LogP contribution >= 0.6 is 0 Å². The van der Waals surface area contributed by atoms with Crippen LogP contribution in [0.4, 0.5) is 11.4 Å². The predicted molar refractivity (Wildman–Crippen MR) is 92.6 cm³/mol. The van der Waals surface area contributed by atoms with Crippen LogP contribution in [0.5, 0.6) is 0 Å². The molecule has 0 bridgehead atoms. The first kappa shape index (κ1) is 13.6. The van der Waals surface area contributed by atoms with E-state index in [1.165, 1.54) is 5.56 Å². The molecule has 120 valence electrons. The molecule has 1 aromatic heterocycles. The van der Waals surface area contributed by atoms with Crippen LogP contribution in [0.15, 0.2) is 40.8 Å². The van der Waals surface area contributed by atoms with Crippen molar-refractivity contribution < 1.29 is 9.21 Å². The highest BCUT2D eigenvalue weighted by atomic mass is 16.3. The smallest absolute Gasteiger partial charge is 0.255 e. The van der Waals surface area contributed by atoms with Crippen molar-refractivity contribution >= 4 is 28.4 Å². The molecule has 1 fully saturated rings. The van der Waals surface area contributed by atoms with Crippen LogP contribution in [0.2, 0.25) is 0 Å². The molecule has 2 N–H and O–H groups in total. The van der Waals surface area contributed by atoms with Gasteiger partial charge in [0.25, 0.3) is 5.91 Å². The van der Waals surface area contributed by atoms with Gasteiger partial charge in [-0.3, -0.25) is 4.79 Å². The molecule has 2 aliphatic rings. The maximum Gasteiger partial charge on any atom is 0.255 e. The number of anilines is 2. The summed E-state index contributed by atoms with van der Waals surface area (Å²) in [5, 5.41) is 6.26. The van der Waals surface area contributed by atoms with Crippen LogP contribution in [0, 0.1) is 0 Å². The standard InChI is InChI=1S/C19H17N3O2/c23-18(13-3-5-15-12(9-13)7-8-20-15)21-14-4-6-17-16(10-14)22-19(24-17)11-1-2-11/h3-6,9-11,20H,1-2,7-8H2,(H,21,23). The fourth-order valence-electron chi connectivity index (χ4n) is 3.18. The minimum Gasteiger partial charge on any atom is -0.440 e. The second-order valence-electron chi connectivity index (χ2n) is 6.51. The van der Waals surface area contributed by atoms with Crippen LogP contribution in [0.25, 0.3) is 11.1 Å². The van der Waals surface area contributed by atoms with Gasteiger partial charge in [0.15, 0.2) is 11.5 Å². The molecule has 5 heteroatoms. The second kappa shape index (κ2) is 5.09. The molecule has 2 aromatic carbocycles. The lowest BCUT2D eigenvalue weighted by molar-refractivity contribution is 0.102. The zero-order chi connectivity index (χ0) is 16.1. The van der Waals surface area contributed by atoms with E-state index in [2.05, 4.69) is 15.6 Å². The van der Waals surface area contributed by atoms with Crippen LogP contribution in [-0.2, 0) is 6.42 Å². The summed E-state index contributed by atoms with van der Waals surface area (Å²) in [5.41, 5.74) is 5.32. The Kier molecular flexibility index (Phi) is 2.89. The average molecular weight is 319 g/mol. The zero-order valence-corrected chi connectivity index (χ0v) is 13.1. The third-order valence-electron chi connectivity index (χ3n) is 4.67. The van der Waals surface area contributed by atoms with Gasteiger partial charge in [0.05, 0.1) is 0 Å². The van der Waals surface area contributed by atoms with Crippen LogP contribution in [0.1, 0.15) is 40.6 Å². The van der Waals surface area contributed by atoms with Crippen molar-refractivity contribution in [3.63, 3.8) is 0 Å². The minimum atomic E-state index is -0.102. The van der Waals surface area contributed by atoms with E-state index < -0.39 is 0 Å². The lowest BCUT2D eigenvalue weighted by Gasteiger charge is -2.07. The van der Waals surface area contributed by atoms with Gasteiger partial charge in [0.1, 0.15) is 5.52 Å². The van der Waals surface area contributed by atoms with Crippen LogP contribution in [0.3, 0.4) is 0 Å². The van der Waals surface area contributed by atoms with E-state index in [1.807, 2.05) is 36.4 Å². The summed E-state index contributed by atoms with van der Waals surface area (Å²) in [5.74, 6) is 1.20. The molecule has 1 amide bonds. The number of nitrogens with one attached hydrogen (secondary N) is 2. The van der Waals surface area contributed by atoms with Crippen molar-refractivity contribution in [1.82, 2.24) is 4.98 Å². The van der Waals surface area contributed by atoms with E-state index in [0.29, 0.717) is 11.5 Å². The van der Waals surface area contributed by atoms with E-state index >= 15 is 0 Å². The average Bonchev–Trinajstić information content (AvgIpc) is 3.18. The molecule has 1 aliphatic heterocycles. The number of aromatic nitrogens is 1. The molecule has 1 saturated carbocycles. The number of nitrogens with zero attached hydrogens (tertiary/aromatic N) is 1. The number of hydrogen-bond donors (Lipinski definition) is 2. The van der Waals surface area contributed by atoms with Gasteiger partial charge in [-0.2, -0.15) is 0 Å². The largest absolute Gasteiger partial charge is 0.440 e. The third-order valence-corrected chi connectivity index (χ3v) is 4.67. The summed E-state index contributed by atoms with van der Waals surface area (Å²) in [6.45, 7) is 0.937. The Labute approximate surface area is 139 Å². The van der Waals surface area contributed by atoms with E-state index in [0.717, 1.165) is 54.2 Å². The number of carbonyl (C=O) groups is 1. The van der Waals surface area contributed by atoms with Crippen molar-refractivity contribution in [2.24, 2.45) is 0 Å². The zero-order valence-electron chi connectivity index (χ0n) is 13.1. The lowest BCUT2D eigenvalue weighted by Crippen LogP contribution is -2.12. The first-order chi connectivity index (χ1) is 11.8. The SMILES string of the molecule is O=C(Nc1ccc2oc(C3CC3)nc2c1)c1ccc2c(c1)CCN2. The van der Waals surface area contributed by atoms with E-state index in [-0.39, 0.29) is 5.91 Å². The molecule has 1 aliphatic carbocycles. The van der Waals surface area contributed by atoms with Gasteiger partial charge in [-0.05, 0) is 61.2 Å². The molecule has 5 nitrogen and oxygen atoms in total. The molecule has 0 unspecified atom stereocenters. The Balaban J connectivity index is 1.40. The topological polar surface area (TPSA) is 67.2 Å². The Morgan fingerprint density at radius 1 is 1.21 bits per heavy atom. The van der Waals surface area contributed by atoms with Gasteiger partial charge < -0.3 is 15.1 Å². The van der Waals surface area contributed by atoms with Gasteiger partial charge in [-0.15, -0.1) is 0 Å². The van der Waals surface area contributed by atoms with E-state index in [4.69, 9.17) is 4.42 Å². The predicted octanol–water partition coefficient (Wildman–Crippen LogP) is 3.93. The van der Waals surface area contributed by atoms with Crippen molar-refractivity contribution in [3.05, 3.63) is 53.4 Å². The molecular weight excluding hydrogens is 302 g/mol. The van der Waals surface area contributed by atoms with E-state index in [1.54, 1.807) is 0 Å². The van der Waals surface area contributed by atoms with E-state index in [9.17, 15) is 4.79 Å². The molecule has 0 radical (unpaired) electrons.